The average Bonchev–Trinajstić information content (AvgIpc) is 3.79. The van der Waals surface area contributed by atoms with Crippen LogP contribution in [0.4, 0.5) is 4.79 Å². The number of nitrogens with one attached hydrogen (secondary N) is 3. The van der Waals surface area contributed by atoms with E-state index in [1.807, 2.05) is 0 Å². The summed E-state index contributed by atoms with van der Waals surface area (Å²) in [4.78, 5) is 67.3. The number of benzene rings is 1. The predicted molar refractivity (Wildman–Crippen MR) is 191 cm³/mol. The van der Waals surface area contributed by atoms with Crippen LogP contribution < -0.4 is 20.7 Å². The summed E-state index contributed by atoms with van der Waals surface area (Å²) in [6, 6.07) is 7.39. The monoisotopic (exact) mass is 733 g/mol. The highest BCUT2D eigenvalue weighted by molar-refractivity contribution is 6.07. The normalized spacial score (nSPS) is 14.6. The number of carbonyl (C=O) groups excluding carboxylic acids is 4. The Morgan fingerprint density at radius 3 is 2.68 bits per heavy atom. The Kier molecular flexibility index (Phi) is 14.5. The van der Waals surface area contributed by atoms with Crippen molar-refractivity contribution in [2.24, 2.45) is 0 Å². The quantitative estimate of drug-likeness (QED) is 0.138. The van der Waals surface area contributed by atoms with Gasteiger partial charge in [-0.2, -0.15) is 5.26 Å². The molecule has 17 nitrogen and oxygen atoms in total. The summed E-state index contributed by atoms with van der Waals surface area (Å²) in [7, 11) is 0. The fourth-order valence-corrected chi connectivity index (χ4v) is 5.68. The van der Waals surface area contributed by atoms with Gasteiger partial charge in [-0.3, -0.25) is 24.0 Å². The molecular formula is C36H47N9O8. The number of fused-ring (bicyclic) bond motifs is 1. The minimum Gasteiger partial charge on any atom is -0.494 e. The molecule has 4 amide bonds. The molecule has 1 saturated heterocycles. The van der Waals surface area contributed by atoms with Gasteiger partial charge >= 0.3 is 12.1 Å². The number of aryl methyl sites for hydroxylation is 2. The van der Waals surface area contributed by atoms with Gasteiger partial charge in [0.25, 0.3) is 5.91 Å². The lowest BCUT2D eigenvalue weighted by Crippen LogP contribution is -2.43. The highest BCUT2D eigenvalue weighted by atomic mass is 16.6. The van der Waals surface area contributed by atoms with Crippen molar-refractivity contribution in [1.82, 2.24) is 40.8 Å². The molecule has 1 aromatic carbocycles. The molecule has 17 heteroatoms. The predicted octanol–water partition coefficient (Wildman–Crippen LogP) is 2.74. The van der Waals surface area contributed by atoms with Gasteiger partial charge in [0.1, 0.15) is 23.4 Å². The number of carboxylic acids is 1. The zero-order chi connectivity index (χ0) is 38.4. The molecule has 1 aliphatic heterocycles. The van der Waals surface area contributed by atoms with Gasteiger partial charge in [0.05, 0.1) is 36.0 Å². The maximum Gasteiger partial charge on any atom is 0.408 e. The summed E-state index contributed by atoms with van der Waals surface area (Å²) in [5.41, 5.74) is 0.860. The molecule has 1 fully saturated rings. The van der Waals surface area contributed by atoms with Gasteiger partial charge in [0, 0.05) is 50.3 Å². The molecule has 53 heavy (non-hydrogen) atoms. The number of carbonyl (C=O) groups is 5. The van der Waals surface area contributed by atoms with E-state index < -0.39 is 35.7 Å². The third-order valence-electron chi connectivity index (χ3n) is 8.31. The number of hydrogen-bond donors (Lipinski definition) is 4. The SMILES string of the molecule is CC(C)(C)OC(=O)N[C@@H](CCCCn1cc(CCC(=O)NCCCOc2ccc3nccc(C(=O)NCC(=O)N4CCC[C@H]4C#N)c3c2)nn1)C(=O)O. The molecule has 0 bridgehead atoms. The standard InChI is InChI=1S/C36H47N9O8/c1-36(2,3)53-35(51)41-30(34(49)50)9-4-5-17-44-23-24(42-43-44)10-13-31(46)39-15-7-19-52-26-11-12-29-28(20-26)27(14-16-38-29)33(48)40-22-32(47)45-18-6-8-25(45)21-37/h11-12,14,16,20,23,25,30H,4-10,13,15,17-19,22H2,1-3H3,(H,39,46)(H,40,48)(H,41,51)(H,49,50)/t25-,30-/m0/s1. The van der Waals surface area contributed by atoms with E-state index in [0.29, 0.717) is 86.3 Å². The number of carboxylic acid groups (broad SMARTS) is 1. The molecule has 4 N–H and O–H groups in total. The van der Waals surface area contributed by atoms with Gasteiger partial charge in [0.2, 0.25) is 11.8 Å². The molecule has 0 aliphatic carbocycles. The zero-order valence-electron chi connectivity index (χ0n) is 30.3. The van der Waals surface area contributed by atoms with Crippen LogP contribution in [0, 0.1) is 11.3 Å². The summed E-state index contributed by atoms with van der Waals surface area (Å²) >= 11 is 0. The number of pyridine rings is 1. The molecule has 2 aromatic heterocycles. The zero-order valence-corrected chi connectivity index (χ0v) is 30.3. The van der Waals surface area contributed by atoms with Crippen LogP contribution in [0.5, 0.6) is 5.75 Å². The van der Waals surface area contributed by atoms with Gasteiger partial charge < -0.3 is 35.4 Å². The minimum absolute atomic E-state index is 0.143. The van der Waals surface area contributed by atoms with E-state index in [4.69, 9.17) is 9.47 Å². The van der Waals surface area contributed by atoms with Crippen molar-refractivity contribution in [3.63, 3.8) is 0 Å². The number of nitrogens with zero attached hydrogens (tertiary/aromatic N) is 6. The fourth-order valence-electron chi connectivity index (χ4n) is 5.68. The van der Waals surface area contributed by atoms with Crippen molar-refractivity contribution in [3.8, 4) is 11.8 Å². The van der Waals surface area contributed by atoms with E-state index in [2.05, 4.69) is 37.3 Å². The number of unbranched alkanes of at least 4 members (excludes halogenated alkanes) is 1. The number of alkyl carbamates (subject to hydrolysis) is 1. The van der Waals surface area contributed by atoms with E-state index >= 15 is 0 Å². The van der Waals surface area contributed by atoms with E-state index in [0.717, 1.165) is 6.42 Å². The molecule has 2 atom stereocenters. The Balaban J connectivity index is 1.12. The second-order valence-electron chi connectivity index (χ2n) is 13.7. The van der Waals surface area contributed by atoms with E-state index in [1.54, 1.807) is 55.9 Å². The Morgan fingerprint density at radius 1 is 1.11 bits per heavy atom. The molecule has 3 heterocycles. The summed E-state index contributed by atoms with van der Waals surface area (Å²) in [6.07, 6.45) is 6.43. The summed E-state index contributed by atoms with van der Waals surface area (Å²) in [5.74, 6) is -1.48. The molecule has 3 aromatic rings. The third-order valence-corrected chi connectivity index (χ3v) is 8.31. The third kappa shape index (κ3) is 12.7. The molecule has 0 spiro atoms. The lowest BCUT2D eigenvalue weighted by Gasteiger charge is -2.22. The van der Waals surface area contributed by atoms with E-state index in [9.17, 15) is 34.3 Å². The van der Waals surface area contributed by atoms with Crippen LogP contribution in [-0.4, -0.2) is 104 Å². The van der Waals surface area contributed by atoms with Crippen LogP contribution in [0.15, 0.2) is 36.7 Å². The summed E-state index contributed by atoms with van der Waals surface area (Å²) in [6.45, 7) is 6.61. The minimum atomic E-state index is -1.13. The molecule has 1 aliphatic rings. The number of amides is 4. The van der Waals surface area contributed by atoms with Crippen molar-refractivity contribution in [1.29, 1.82) is 5.26 Å². The Hall–Kier alpha value is -5.79. The van der Waals surface area contributed by atoms with Gasteiger partial charge in [-0.25, -0.2) is 9.59 Å². The number of rotatable bonds is 18. The van der Waals surface area contributed by atoms with Crippen LogP contribution in [0.3, 0.4) is 0 Å². The maximum absolute atomic E-state index is 13.0. The van der Waals surface area contributed by atoms with Gasteiger partial charge in [0.15, 0.2) is 0 Å². The first-order valence-electron chi connectivity index (χ1n) is 17.7. The lowest BCUT2D eigenvalue weighted by molar-refractivity contribution is -0.139. The maximum atomic E-state index is 13.0. The van der Waals surface area contributed by atoms with E-state index in [-0.39, 0.29) is 31.2 Å². The molecule has 0 radical (unpaired) electrons. The number of nitriles is 1. The number of aliphatic carboxylic acids is 1. The summed E-state index contributed by atoms with van der Waals surface area (Å²) < 4.78 is 12.7. The number of aromatic nitrogens is 4. The van der Waals surface area contributed by atoms with Crippen molar-refractivity contribution < 1.29 is 38.6 Å². The number of hydrogen-bond acceptors (Lipinski definition) is 11. The Morgan fingerprint density at radius 2 is 1.92 bits per heavy atom. The highest BCUT2D eigenvalue weighted by Gasteiger charge is 2.29. The van der Waals surface area contributed by atoms with Crippen LogP contribution in [0.25, 0.3) is 10.9 Å². The highest BCUT2D eigenvalue weighted by Crippen LogP contribution is 2.23. The van der Waals surface area contributed by atoms with Crippen LogP contribution in [-0.2, 0) is 32.1 Å². The molecule has 0 unspecified atom stereocenters. The Labute approximate surface area is 307 Å². The summed E-state index contributed by atoms with van der Waals surface area (Å²) in [5, 5.41) is 35.3. The molecule has 284 valence electrons. The van der Waals surface area contributed by atoms with E-state index in [1.165, 1.54) is 11.1 Å². The van der Waals surface area contributed by atoms with Crippen LogP contribution >= 0.6 is 0 Å². The smallest absolute Gasteiger partial charge is 0.408 e. The van der Waals surface area contributed by atoms with Crippen molar-refractivity contribution in [3.05, 3.63) is 47.9 Å². The fraction of sp³-hybridized carbons (Fsp3) is 0.528. The average molecular weight is 734 g/mol. The van der Waals surface area contributed by atoms with Gasteiger partial charge in [-0.05, 0) is 83.6 Å². The van der Waals surface area contributed by atoms with Gasteiger partial charge in [-0.1, -0.05) is 5.21 Å². The molecule has 0 saturated carbocycles. The first-order valence-corrected chi connectivity index (χ1v) is 17.7. The first kappa shape index (κ1) is 40.0. The second kappa shape index (κ2) is 19.2. The Bertz CT molecular complexity index is 1800. The lowest BCUT2D eigenvalue weighted by atomic mass is 10.1. The second-order valence-corrected chi connectivity index (χ2v) is 13.7. The molecular weight excluding hydrogens is 686 g/mol. The van der Waals surface area contributed by atoms with Crippen molar-refractivity contribution in [2.75, 3.05) is 26.2 Å². The first-order chi connectivity index (χ1) is 25.3. The topological polar surface area (TPSA) is 231 Å². The van der Waals surface area contributed by atoms with Crippen LogP contribution in [0.2, 0.25) is 0 Å². The largest absolute Gasteiger partial charge is 0.494 e. The number of ether oxygens (including phenoxy) is 2. The van der Waals surface area contributed by atoms with Crippen molar-refractivity contribution >= 4 is 40.7 Å². The van der Waals surface area contributed by atoms with Gasteiger partial charge in [-0.15, -0.1) is 5.10 Å². The van der Waals surface area contributed by atoms with Crippen molar-refractivity contribution in [2.45, 2.75) is 96.4 Å². The van der Waals surface area contributed by atoms with Crippen LogP contribution in [0.1, 0.15) is 81.8 Å². The molecule has 4 rings (SSSR count). The number of likely N-dealkylation sites (tertiary alicyclic amines) is 1.